The summed E-state index contributed by atoms with van der Waals surface area (Å²) >= 11 is 0. The first-order chi connectivity index (χ1) is 9.74. The van der Waals surface area contributed by atoms with E-state index in [9.17, 15) is 10.1 Å². The number of pyridine rings is 2. The second-order valence-corrected chi connectivity index (χ2v) is 4.04. The van der Waals surface area contributed by atoms with Crippen LogP contribution in [0, 0.1) is 10.1 Å². The molecule has 0 radical (unpaired) electrons. The molecule has 0 saturated carbocycles. The van der Waals surface area contributed by atoms with Crippen LogP contribution in [0.2, 0.25) is 0 Å². The number of hydrogen-bond acceptors (Lipinski definition) is 5. The van der Waals surface area contributed by atoms with Crippen LogP contribution in [0.1, 0.15) is 0 Å². The Balaban J connectivity index is 1.99. The summed E-state index contributed by atoms with van der Waals surface area (Å²) in [4.78, 5) is 18.5. The number of aromatic nitrogens is 2. The van der Waals surface area contributed by atoms with Crippen LogP contribution >= 0.6 is 0 Å². The van der Waals surface area contributed by atoms with Gasteiger partial charge in [0.2, 0.25) is 0 Å². The lowest BCUT2D eigenvalue weighted by molar-refractivity contribution is -0.386. The first kappa shape index (κ1) is 12.0. The second kappa shape index (κ2) is 4.93. The van der Waals surface area contributed by atoms with E-state index in [-0.39, 0.29) is 11.6 Å². The van der Waals surface area contributed by atoms with Gasteiger partial charge in [-0.2, -0.15) is 0 Å². The summed E-state index contributed by atoms with van der Waals surface area (Å²) in [5.74, 6) is 0.452. The molecule has 3 rings (SSSR count). The van der Waals surface area contributed by atoms with Crippen molar-refractivity contribution in [1.82, 2.24) is 9.97 Å². The highest BCUT2D eigenvalue weighted by molar-refractivity contribution is 5.79. The van der Waals surface area contributed by atoms with E-state index < -0.39 is 4.92 Å². The highest BCUT2D eigenvalue weighted by Gasteiger charge is 2.16. The summed E-state index contributed by atoms with van der Waals surface area (Å²) in [7, 11) is 0. The van der Waals surface area contributed by atoms with Crippen LogP contribution < -0.4 is 4.74 Å². The molecule has 3 aromatic rings. The summed E-state index contributed by atoms with van der Waals surface area (Å²) in [5.41, 5.74) is 0.661. The number of rotatable bonds is 3. The zero-order valence-corrected chi connectivity index (χ0v) is 10.3. The molecule has 0 bridgehead atoms. The van der Waals surface area contributed by atoms with Crippen LogP contribution in [0.5, 0.6) is 11.6 Å². The maximum absolute atomic E-state index is 10.9. The molecule has 1 aromatic carbocycles. The molecule has 0 amide bonds. The van der Waals surface area contributed by atoms with Crippen molar-refractivity contribution in [3.05, 3.63) is 65.0 Å². The Bertz CT molecular complexity index is 789. The van der Waals surface area contributed by atoms with Gasteiger partial charge < -0.3 is 4.74 Å². The van der Waals surface area contributed by atoms with Crippen molar-refractivity contribution < 1.29 is 9.66 Å². The molecule has 0 aliphatic rings. The first-order valence-corrected chi connectivity index (χ1v) is 5.86. The van der Waals surface area contributed by atoms with Crippen LogP contribution in [0.3, 0.4) is 0 Å². The van der Waals surface area contributed by atoms with Gasteiger partial charge in [-0.1, -0.05) is 6.07 Å². The van der Waals surface area contributed by atoms with Crippen LogP contribution in [0.4, 0.5) is 5.69 Å². The van der Waals surface area contributed by atoms with E-state index in [1.807, 2.05) is 12.1 Å². The monoisotopic (exact) mass is 267 g/mol. The predicted molar refractivity (Wildman–Crippen MR) is 72.7 cm³/mol. The highest BCUT2D eigenvalue weighted by Crippen LogP contribution is 2.29. The smallest absolute Gasteiger partial charge is 0.331 e. The van der Waals surface area contributed by atoms with Gasteiger partial charge in [0.25, 0.3) is 5.88 Å². The zero-order chi connectivity index (χ0) is 13.9. The number of nitro groups is 1. The SMILES string of the molecule is O=[N+]([O-])c1cccnc1Oc1ccc2ncccc2c1. The van der Waals surface area contributed by atoms with E-state index in [0.717, 1.165) is 10.9 Å². The lowest BCUT2D eigenvalue weighted by Gasteiger charge is -2.05. The zero-order valence-electron chi connectivity index (χ0n) is 10.3. The minimum Gasteiger partial charge on any atom is -0.434 e. The third-order valence-corrected chi connectivity index (χ3v) is 2.74. The molecular weight excluding hydrogens is 258 g/mol. The van der Waals surface area contributed by atoms with Crippen molar-refractivity contribution in [2.45, 2.75) is 0 Å². The quantitative estimate of drug-likeness (QED) is 0.537. The van der Waals surface area contributed by atoms with Crippen LogP contribution in [0.25, 0.3) is 10.9 Å². The summed E-state index contributed by atoms with van der Waals surface area (Å²) < 4.78 is 5.50. The Labute approximate surface area is 113 Å². The van der Waals surface area contributed by atoms with Crippen molar-refractivity contribution in [2.75, 3.05) is 0 Å². The number of nitrogens with zero attached hydrogens (tertiary/aromatic N) is 3. The van der Waals surface area contributed by atoms with Gasteiger partial charge in [0, 0.05) is 23.8 Å². The largest absolute Gasteiger partial charge is 0.434 e. The molecule has 0 spiro atoms. The van der Waals surface area contributed by atoms with Crippen molar-refractivity contribution in [2.24, 2.45) is 0 Å². The first-order valence-electron chi connectivity index (χ1n) is 5.86. The van der Waals surface area contributed by atoms with E-state index in [4.69, 9.17) is 4.74 Å². The fourth-order valence-corrected chi connectivity index (χ4v) is 1.83. The minimum absolute atomic E-state index is 0.0271. The molecule has 0 N–H and O–H groups in total. The van der Waals surface area contributed by atoms with Gasteiger partial charge in [0.1, 0.15) is 5.75 Å². The van der Waals surface area contributed by atoms with Crippen LogP contribution in [0.15, 0.2) is 54.9 Å². The third-order valence-electron chi connectivity index (χ3n) is 2.74. The van der Waals surface area contributed by atoms with E-state index in [0.29, 0.717) is 5.75 Å². The van der Waals surface area contributed by atoms with E-state index >= 15 is 0 Å². The molecule has 2 aromatic heterocycles. The lowest BCUT2D eigenvalue weighted by Crippen LogP contribution is -1.95. The lowest BCUT2D eigenvalue weighted by atomic mass is 10.2. The summed E-state index contributed by atoms with van der Waals surface area (Å²) in [6.45, 7) is 0. The fourth-order valence-electron chi connectivity index (χ4n) is 1.83. The summed E-state index contributed by atoms with van der Waals surface area (Å²) in [5, 5.41) is 11.8. The third kappa shape index (κ3) is 2.26. The molecule has 2 heterocycles. The normalized spacial score (nSPS) is 10.4. The number of fused-ring (bicyclic) bond motifs is 1. The number of hydrogen-bond donors (Lipinski definition) is 0. The summed E-state index contributed by atoms with van der Waals surface area (Å²) in [6.07, 6.45) is 3.15. The molecule has 0 aliphatic heterocycles. The molecule has 0 atom stereocenters. The minimum atomic E-state index is -0.523. The highest BCUT2D eigenvalue weighted by atomic mass is 16.6. The van der Waals surface area contributed by atoms with E-state index in [1.54, 1.807) is 24.4 Å². The van der Waals surface area contributed by atoms with E-state index in [1.165, 1.54) is 18.3 Å². The molecule has 6 heteroatoms. The van der Waals surface area contributed by atoms with Crippen LogP contribution in [-0.4, -0.2) is 14.9 Å². The van der Waals surface area contributed by atoms with Gasteiger partial charge in [0.05, 0.1) is 10.4 Å². The van der Waals surface area contributed by atoms with Crippen molar-refractivity contribution in [3.63, 3.8) is 0 Å². The molecule has 0 unspecified atom stereocenters. The van der Waals surface area contributed by atoms with Gasteiger partial charge in [-0.15, -0.1) is 0 Å². The Morgan fingerprint density at radius 1 is 1.05 bits per heavy atom. The fraction of sp³-hybridized carbons (Fsp3) is 0. The predicted octanol–water partition coefficient (Wildman–Crippen LogP) is 3.33. The standard InChI is InChI=1S/C14H9N3O3/c18-17(19)13-4-2-8-16-14(13)20-11-5-6-12-10(9-11)3-1-7-15-12/h1-9H. The maximum atomic E-state index is 10.9. The molecule has 6 nitrogen and oxygen atoms in total. The van der Waals surface area contributed by atoms with Gasteiger partial charge in [-0.25, -0.2) is 4.98 Å². The van der Waals surface area contributed by atoms with Crippen molar-refractivity contribution in [1.29, 1.82) is 0 Å². The summed E-state index contributed by atoms with van der Waals surface area (Å²) in [6, 6.07) is 11.8. The van der Waals surface area contributed by atoms with Gasteiger partial charge in [-0.05, 0) is 30.3 Å². The Kier molecular flexibility index (Phi) is 2.96. The number of benzene rings is 1. The van der Waals surface area contributed by atoms with E-state index in [2.05, 4.69) is 9.97 Å². The van der Waals surface area contributed by atoms with Gasteiger partial charge in [-0.3, -0.25) is 15.1 Å². The average molecular weight is 267 g/mol. The second-order valence-electron chi connectivity index (χ2n) is 4.04. The Hall–Kier alpha value is -3.02. The average Bonchev–Trinajstić information content (AvgIpc) is 2.47. The van der Waals surface area contributed by atoms with Crippen molar-refractivity contribution >= 4 is 16.6 Å². The molecule has 0 aliphatic carbocycles. The molecular formula is C14H9N3O3. The van der Waals surface area contributed by atoms with Gasteiger partial charge >= 0.3 is 5.69 Å². The molecule has 0 saturated heterocycles. The topological polar surface area (TPSA) is 78.2 Å². The molecule has 20 heavy (non-hydrogen) atoms. The molecule has 0 fully saturated rings. The number of ether oxygens (including phenoxy) is 1. The van der Waals surface area contributed by atoms with Crippen LogP contribution in [-0.2, 0) is 0 Å². The maximum Gasteiger partial charge on any atom is 0.331 e. The Morgan fingerprint density at radius 3 is 2.70 bits per heavy atom. The Morgan fingerprint density at radius 2 is 1.85 bits per heavy atom. The van der Waals surface area contributed by atoms with Crippen molar-refractivity contribution in [3.8, 4) is 11.6 Å². The van der Waals surface area contributed by atoms with Gasteiger partial charge in [0.15, 0.2) is 0 Å². The molecule has 98 valence electrons.